The van der Waals surface area contributed by atoms with Gasteiger partial charge in [0.1, 0.15) is 0 Å². The van der Waals surface area contributed by atoms with Crippen LogP contribution in [0.15, 0.2) is 10.9 Å². The minimum atomic E-state index is -3.06. The molecule has 86 valence electrons. The molecule has 1 aromatic rings. The summed E-state index contributed by atoms with van der Waals surface area (Å²) in [6.07, 6.45) is -3.06. The molecule has 0 radical (unpaired) electrons. The second kappa shape index (κ2) is 4.04. The first-order valence-corrected chi connectivity index (χ1v) is 3.84. The Morgan fingerprint density at radius 2 is 2.12 bits per heavy atom. The lowest BCUT2D eigenvalue weighted by Crippen LogP contribution is -2.22. The van der Waals surface area contributed by atoms with Crippen molar-refractivity contribution in [3.05, 3.63) is 37.8 Å². The summed E-state index contributed by atoms with van der Waals surface area (Å²) in [4.78, 5) is 32.9. The maximum atomic E-state index is 12.2. The first kappa shape index (κ1) is 11.8. The molecule has 9 heteroatoms. The van der Waals surface area contributed by atoms with Crippen LogP contribution in [0, 0.1) is 10.1 Å². The smallest absolute Gasteiger partial charge is 0.345 e. The molecule has 0 unspecified atom stereocenters. The van der Waals surface area contributed by atoms with E-state index in [1.165, 1.54) is 0 Å². The van der Waals surface area contributed by atoms with Crippen molar-refractivity contribution in [2.75, 3.05) is 0 Å². The SMILES string of the molecule is NC(=O)c1[nH]c(C(F)F)cc(=O)c1[N+](=O)[O-]. The Bertz CT molecular complexity index is 511. The fraction of sp³-hybridized carbons (Fsp3) is 0.143. The summed E-state index contributed by atoms with van der Waals surface area (Å²) in [5, 5.41) is 10.4. The van der Waals surface area contributed by atoms with Crippen molar-refractivity contribution in [2.45, 2.75) is 6.43 Å². The summed E-state index contributed by atoms with van der Waals surface area (Å²) in [6, 6.07) is 0.356. The summed E-state index contributed by atoms with van der Waals surface area (Å²) < 4.78 is 24.5. The first-order chi connectivity index (χ1) is 7.34. The zero-order valence-corrected chi connectivity index (χ0v) is 7.57. The standard InChI is InChI=1S/C7H5F2N3O4/c8-6(9)2-1-3(13)5(12(15)16)4(11-2)7(10)14/h1,6H,(H2,10,14)(H,11,13). The number of aromatic nitrogens is 1. The van der Waals surface area contributed by atoms with E-state index in [-0.39, 0.29) is 0 Å². The number of nitrogens with zero attached hydrogens (tertiary/aromatic N) is 1. The van der Waals surface area contributed by atoms with Gasteiger partial charge >= 0.3 is 5.69 Å². The second-order valence-corrected chi connectivity index (χ2v) is 2.73. The number of amides is 1. The van der Waals surface area contributed by atoms with Crippen LogP contribution in [0.2, 0.25) is 0 Å². The Balaban J connectivity index is 3.59. The highest BCUT2D eigenvalue weighted by Crippen LogP contribution is 2.18. The minimum Gasteiger partial charge on any atom is -0.364 e. The molecule has 0 atom stereocenters. The second-order valence-electron chi connectivity index (χ2n) is 2.73. The van der Waals surface area contributed by atoms with Gasteiger partial charge in [0.15, 0.2) is 5.69 Å². The Morgan fingerprint density at radius 3 is 2.50 bits per heavy atom. The van der Waals surface area contributed by atoms with Gasteiger partial charge in [-0.2, -0.15) is 0 Å². The monoisotopic (exact) mass is 233 g/mol. The van der Waals surface area contributed by atoms with Crippen LogP contribution in [-0.4, -0.2) is 15.8 Å². The first-order valence-electron chi connectivity index (χ1n) is 3.84. The van der Waals surface area contributed by atoms with Gasteiger partial charge in [-0.15, -0.1) is 0 Å². The lowest BCUT2D eigenvalue weighted by Gasteiger charge is -2.02. The highest BCUT2D eigenvalue weighted by Gasteiger charge is 2.26. The third-order valence-corrected chi connectivity index (χ3v) is 1.69. The fourth-order valence-electron chi connectivity index (χ4n) is 1.05. The van der Waals surface area contributed by atoms with Crippen LogP contribution in [0.3, 0.4) is 0 Å². The van der Waals surface area contributed by atoms with Gasteiger partial charge in [-0.05, 0) is 0 Å². The molecule has 16 heavy (non-hydrogen) atoms. The van der Waals surface area contributed by atoms with Crippen molar-refractivity contribution >= 4 is 11.6 Å². The molecule has 1 heterocycles. The number of carbonyl (C=O) groups excluding carboxylic acids is 1. The topological polar surface area (TPSA) is 119 Å². The zero-order valence-electron chi connectivity index (χ0n) is 7.57. The average Bonchev–Trinajstić information content (AvgIpc) is 2.15. The van der Waals surface area contributed by atoms with E-state index >= 15 is 0 Å². The maximum Gasteiger partial charge on any atom is 0.345 e. The molecule has 3 N–H and O–H groups in total. The highest BCUT2D eigenvalue weighted by atomic mass is 19.3. The predicted octanol–water partition coefficient (Wildman–Crippen LogP) is 0.320. The van der Waals surface area contributed by atoms with Crippen molar-refractivity contribution in [3.63, 3.8) is 0 Å². The summed E-state index contributed by atoms with van der Waals surface area (Å²) in [5.74, 6) is -1.36. The van der Waals surface area contributed by atoms with Gasteiger partial charge < -0.3 is 10.7 Å². The van der Waals surface area contributed by atoms with Gasteiger partial charge in [0.05, 0.1) is 10.6 Å². The number of halogens is 2. The number of aromatic amines is 1. The van der Waals surface area contributed by atoms with Crippen molar-refractivity contribution in [1.29, 1.82) is 0 Å². The molecule has 0 aliphatic carbocycles. The van der Waals surface area contributed by atoms with Gasteiger partial charge in [-0.25, -0.2) is 8.78 Å². The van der Waals surface area contributed by atoms with Gasteiger partial charge in [0.2, 0.25) is 0 Å². The Kier molecular flexibility index (Phi) is 2.97. The Morgan fingerprint density at radius 1 is 1.56 bits per heavy atom. The van der Waals surface area contributed by atoms with E-state index in [1.54, 1.807) is 4.98 Å². The van der Waals surface area contributed by atoms with E-state index in [9.17, 15) is 28.5 Å². The normalized spacial score (nSPS) is 10.4. The molecule has 0 aliphatic heterocycles. The summed E-state index contributed by atoms with van der Waals surface area (Å²) >= 11 is 0. The third kappa shape index (κ3) is 2.02. The van der Waals surface area contributed by atoms with E-state index in [2.05, 4.69) is 0 Å². The Hall–Kier alpha value is -2.32. The fourth-order valence-corrected chi connectivity index (χ4v) is 1.05. The summed E-state index contributed by atoms with van der Waals surface area (Å²) in [7, 11) is 0. The number of carbonyl (C=O) groups is 1. The molecule has 1 rings (SSSR count). The van der Waals surface area contributed by atoms with E-state index in [1.807, 2.05) is 0 Å². The summed E-state index contributed by atoms with van der Waals surface area (Å²) in [5.41, 5.74) is 0.456. The molecule has 1 amide bonds. The number of nitro groups is 1. The molecular weight excluding hydrogens is 228 g/mol. The van der Waals surface area contributed by atoms with E-state index in [4.69, 9.17) is 5.73 Å². The molecule has 0 spiro atoms. The number of pyridine rings is 1. The highest BCUT2D eigenvalue weighted by molar-refractivity contribution is 5.94. The van der Waals surface area contributed by atoms with E-state index in [0.717, 1.165) is 0 Å². The lowest BCUT2D eigenvalue weighted by molar-refractivity contribution is -0.386. The molecule has 0 fully saturated rings. The Labute approximate surface area is 86.0 Å². The largest absolute Gasteiger partial charge is 0.364 e. The van der Waals surface area contributed by atoms with Gasteiger partial charge in [0.25, 0.3) is 17.8 Å². The number of hydrogen-bond acceptors (Lipinski definition) is 4. The van der Waals surface area contributed by atoms with E-state index < -0.39 is 39.8 Å². The number of alkyl halides is 2. The maximum absolute atomic E-state index is 12.2. The number of primary amides is 1. The van der Waals surface area contributed by atoms with Crippen LogP contribution < -0.4 is 11.2 Å². The quantitative estimate of drug-likeness (QED) is 0.576. The molecule has 0 saturated heterocycles. The molecule has 1 aromatic heterocycles. The molecule has 0 saturated carbocycles. The number of hydrogen-bond donors (Lipinski definition) is 2. The van der Waals surface area contributed by atoms with Crippen LogP contribution in [0.25, 0.3) is 0 Å². The van der Waals surface area contributed by atoms with Crippen LogP contribution in [0.1, 0.15) is 22.6 Å². The number of nitrogens with one attached hydrogen (secondary N) is 1. The van der Waals surface area contributed by atoms with Gasteiger partial charge in [-0.3, -0.25) is 19.7 Å². The zero-order chi connectivity index (χ0) is 12.5. The number of nitrogens with two attached hydrogens (primary N) is 1. The number of rotatable bonds is 3. The van der Waals surface area contributed by atoms with E-state index in [0.29, 0.717) is 6.07 Å². The van der Waals surface area contributed by atoms with Crippen LogP contribution in [0.4, 0.5) is 14.5 Å². The van der Waals surface area contributed by atoms with Crippen molar-refractivity contribution in [1.82, 2.24) is 4.98 Å². The van der Waals surface area contributed by atoms with Crippen LogP contribution >= 0.6 is 0 Å². The molecule has 0 aliphatic rings. The van der Waals surface area contributed by atoms with Crippen molar-refractivity contribution < 1.29 is 18.5 Å². The predicted molar refractivity (Wildman–Crippen MR) is 47.2 cm³/mol. The summed E-state index contributed by atoms with van der Waals surface area (Å²) in [6.45, 7) is 0. The molecule has 7 nitrogen and oxygen atoms in total. The third-order valence-electron chi connectivity index (χ3n) is 1.69. The van der Waals surface area contributed by atoms with Gasteiger partial charge in [-0.1, -0.05) is 0 Å². The van der Waals surface area contributed by atoms with Gasteiger partial charge in [0, 0.05) is 6.07 Å². The van der Waals surface area contributed by atoms with Crippen molar-refractivity contribution in [2.24, 2.45) is 5.73 Å². The van der Waals surface area contributed by atoms with Crippen molar-refractivity contribution in [3.8, 4) is 0 Å². The number of H-pyrrole nitrogens is 1. The molecule has 0 bridgehead atoms. The molecular formula is C7H5F2N3O4. The average molecular weight is 233 g/mol. The lowest BCUT2D eigenvalue weighted by atomic mass is 10.2. The minimum absolute atomic E-state index is 0.356. The van der Waals surface area contributed by atoms with Crippen LogP contribution in [-0.2, 0) is 0 Å². The molecule has 0 aromatic carbocycles. The van der Waals surface area contributed by atoms with Crippen LogP contribution in [0.5, 0.6) is 0 Å².